The van der Waals surface area contributed by atoms with Gasteiger partial charge in [0.2, 0.25) is 5.79 Å². The van der Waals surface area contributed by atoms with E-state index < -0.39 is 5.79 Å². The zero-order valence-electron chi connectivity index (χ0n) is 13.2. The van der Waals surface area contributed by atoms with E-state index in [4.69, 9.17) is 9.47 Å². The Kier molecular flexibility index (Phi) is 3.01. The molecule has 0 radical (unpaired) electrons. The summed E-state index contributed by atoms with van der Waals surface area (Å²) in [5, 5.41) is 0. The number of hydrogen-bond acceptors (Lipinski definition) is 3. The number of carbonyl (C=O) groups excluding carboxylic acids is 1. The molecule has 0 aromatic carbocycles. The predicted molar refractivity (Wildman–Crippen MR) is 79.2 cm³/mol. The summed E-state index contributed by atoms with van der Waals surface area (Å²) in [5.41, 5.74) is 0. The molecule has 3 saturated carbocycles. The molecule has 0 spiro atoms. The highest BCUT2D eigenvalue weighted by atomic mass is 16.7. The summed E-state index contributed by atoms with van der Waals surface area (Å²) < 4.78 is 11.2. The first-order chi connectivity index (χ1) is 10.00. The fourth-order valence-corrected chi connectivity index (χ4v) is 5.98. The first-order valence-corrected chi connectivity index (χ1v) is 8.55. The average molecular weight is 290 g/mol. The topological polar surface area (TPSA) is 35.5 Å². The lowest BCUT2D eigenvalue weighted by molar-refractivity contribution is -0.219. The second-order valence-electron chi connectivity index (χ2n) is 7.86. The van der Waals surface area contributed by atoms with Gasteiger partial charge in [0.1, 0.15) is 0 Å². The van der Waals surface area contributed by atoms with Crippen LogP contribution in [0.4, 0.5) is 0 Å². The molecule has 4 aliphatic rings. The minimum atomic E-state index is -0.790. The van der Waals surface area contributed by atoms with Crippen molar-refractivity contribution in [3.05, 3.63) is 12.2 Å². The Hall–Kier alpha value is -0.830. The standard InChI is InChI=1S/C18H26O3/c1-4-20-18(2,3)21-17(19)14-9-12-8-13(14)16-11-6-5-10(7-11)15(12)16/h5-6,10-16H,4,7-9H2,1-3H3. The van der Waals surface area contributed by atoms with Gasteiger partial charge in [0.15, 0.2) is 0 Å². The molecule has 7 unspecified atom stereocenters. The minimum Gasteiger partial charge on any atom is -0.433 e. The van der Waals surface area contributed by atoms with Crippen LogP contribution >= 0.6 is 0 Å². The minimum absolute atomic E-state index is 0.0221. The number of rotatable bonds is 4. The number of hydrogen-bond donors (Lipinski definition) is 0. The lowest BCUT2D eigenvalue weighted by Crippen LogP contribution is -2.39. The quantitative estimate of drug-likeness (QED) is 0.344. The largest absolute Gasteiger partial charge is 0.433 e. The van der Waals surface area contributed by atoms with Gasteiger partial charge in [0.05, 0.1) is 5.92 Å². The summed E-state index contributed by atoms with van der Waals surface area (Å²) in [4.78, 5) is 12.6. The maximum atomic E-state index is 12.6. The summed E-state index contributed by atoms with van der Waals surface area (Å²) >= 11 is 0. The van der Waals surface area contributed by atoms with Crippen molar-refractivity contribution in [3.8, 4) is 0 Å². The Morgan fingerprint density at radius 1 is 1.14 bits per heavy atom. The molecule has 21 heavy (non-hydrogen) atoms. The molecule has 0 amide bonds. The van der Waals surface area contributed by atoms with Gasteiger partial charge in [0.25, 0.3) is 0 Å². The van der Waals surface area contributed by atoms with E-state index in [1.54, 1.807) is 0 Å². The fourth-order valence-electron chi connectivity index (χ4n) is 5.98. The van der Waals surface area contributed by atoms with Crippen molar-refractivity contribution >= 4 is 5.97 Å². The molecule has 3 fully saturated rings. The van der Waals surface area contributed by atoms with E-state index in [0.29, 0.717) is 12.5 Å². The lowest BCUT2D eigenvalue weighted by atomic mass is 9.69. The van der Waals surface area contributed by atoms with Crippen LogP contribution in [0.5, 0.6) is 0 Å². The van der Waals surface area contributed by atoms with Crippen LogP contribution in [0.3, 0.4) is 0 Å². The normalized spacial score (nSPS) is 46.1. The Bertz CT molecular complexity index is 481. The van der Waals surface area contributed by atoms with E-state index in [9.17, 15) is 4.79 Å². The summed E-state index contributed by atoms with van der Waals surface area (Å²) in [7, 11) is 0. The van der Waals surface area contributed by atoms with Crippen molar-refractivity contribution in [1.82, 2.24) is 0 Å². The highest BCUT2D eigenvalue weighted by Crippen LogP contribution is 2.67. The van der Waals surface area contributed by atoms with Crippen molar-refractivity contribution in [1.29, 1.82) is 0 Å². The summed E-state index contributed by atoms with van der Waals surface area (Å²) in [6.07, 6.45) is 8.49. The Morgan fingerprint density at radius 3 is 2.57 bits per heavy atom. The second-order valence-corrected chi connectivity index (χ2v) is 7.86. The van der Waals surface area contributed by atoms with Gasteiger partial charge in [-0.05, 0) is 61.7 Å². The third-order valence-corrected chi connectivity index (χ3v) is 6.41. The molecule has 4 rings (SSSR count). The van der Waals surface area contributed by atoms with E-state index in [-0.39, 0.29) is 11.9 Å². The zero-order valence-corrected chi connectivity index (χ0v) is 13.2. The smallest absolute Gasteiger partial charge is 0.311 e. The molecule has 4 bridgehead atoms. The van der Waals surface area contributed by atoms with Crippen molar-refractivity contribution in [2.45, 2.75) is 45.8 Å². The van der Waals surface area contributed by atoms with Crippen LogP contribution in [0.1, 0.15) is 40.0 Å². The molecular formula is C18H26O3. The highest BCUT2D eigenvalue weighted by molar-refractivity contribution is 5.74. The third kappa shape index (κ3) is 2.00. The third-order valence-electron chi connectivity index (χ3n) is 6.41. The van der Waals surface area contributed by atoms with Gasteiger partial charge in [-0.15, -0.1) is 0 Å². The number of carbonyl (C=O) groups is 1. The number of allylic oxidation sites excluding steroid dienone is 2. The summed E-state index contributed by atoms with van der Waals surface area (Å²) in [6.45, 7) is 6.17. The molecule has 0 saturated heterocycles. The van der Waals surface area contributed by atoms with Gasteiger partial charge in [-0.3, -0.25) is 4.79 Å². The second kappa shape index (κ2) is 4.58. The van der Waals surface area contributed by atoms with Gasteiger partial charge >= 0.3 is 5.97 Å². The van der Waals surface area contributed by atoms with Gasteiger partial charge in [-0.25, -0.2) is 0 Å². The Morgan fingerprint density at radius 2 is 1.86 bits per heavy atom. The molecule has 3 nitrogen and oxygen atoms in total. The lowest BCUT2D eigenvalue weighted by Gasteiger charge is -2.36. The molecule has 4 aliphatic carbocycles. The van der Waals surface area contributed by atoms with Gasteiger partial charge in [0, 0.05) is 20.5 Å². The monoisotopic (exact) mass is 290 g/mol. The van der Waals surface area contributed by atoms with Crippen LogP contribution in [0, 0.1) is 41.4 Å². The fraction of sp³-hybridized carbons (Fsp3) is 0.833. The van der Waals surface area contributed by atoms with Crippen molar-refractivity contribution < 1.29 is 14.3 Å². The van der Waals surface area contributed by atoms with Gasteiger partial charge < -0.3 is 9.47 Å². The number of esters is 1. The van der Waals surface area contributed by atoms with E-state index in [1.807, 2.05) is 20.8 Å². The Balaban J connectivity index is 1.47. The molecule has 3 heteroatoms. The van der Waals surface area contributed by atoms with E-state index in [0.717, 1.165) is 36.0 Å². The summed E-state index contributed by atoms with van der Waals surface area (Å²) in [5.74, 6) is 3.80. The van der Waals surface area contributed by atoms with Crippen LogP contribution in [0.15, 0.2) is 12.2 Å². The van der Waals surface area contributed by atoms with E-state index in [1.165, 1.54) is 12.8 Å². The van der Waals surface area contributed by atoms with Crippen LogP contribution < -0.4 is 0 Å². The molecule has 116 valence electrons. The Labute approximate surface area is 127 Å². The molecule has 0 aliphatic heterocycles. The van der Waals surface area contributed by atoms with Crippen LogP contribution in [0.25, 0.3) is 0 Å². The highest BCUT2D eigenvalue weighted by Gasteiger charge is 2.62. The molecule has 0 heterocycles. The first kappa shape index (κ1) is 13.8. The molecule has 0 aromatic rings. The SMILES string of the molecule is CCOC(C)(C)OC(=O)C1CC2CC1C1C3C=CC(C3)C21. The molecule has 7 atom stereocenters. The predicted octanol–water partition coefficient (Wildman–Crippen LogP) is 3.40. The maximum Gasteiger partial charge on any atom is 0.311 e. The van der Waals surface area contributed by atoms with Crippen molar-refractivity contribution in [2.75, 3.05) is 6.61 Å². The van der Waals surface area contributed by atoms with Crippen LogP contribution in [-0.2, 0) is 14.3 Å². The molecule has 0 N–H and O–H groups in total. The van der Waals surface area contributed by atoms with Crippen LogP contribution in [-0.4, -0.2) is 18.4 Å². The van der Waals surface area contributed by atoms with Gasteiger partial charge in [-0.2, -0.15) is 0 Å². The van der Waals surface area contributed by atoms with Gasteiger partial charge in [-0.1, -0.05) is 12.2 Å². The zero-order chi connectivity index (χ0) is 14.8. The molecule has 0 aromatic heterocycles. The van der Waals surface area contributed by atoms with E-state index >= 15 is 0 Å². The summed E-state index contributed by atoms with van der Waals surface area (Å²) in [6, 6.07) is 0. The van der Waals surface area contributed by atoms with Crippen molar-refractivity contribution in [3.63, 3.8) is 0 Å². The average Bonchev–Trinajstić information content (AvgIpc) is 3.16. The maximum absolute atomic E-state index is 12.6. The first-order valence-electron chi connectivity index (χ1n) is 8.55. The molecular weight excluding hydrogens is 264 g/mol. The van der Waals surface area contributed by atoms with E-state index in [2.05, 4.69) is 12.2 Å². The van der Waals surface area contributed by atoms with Crippen molar-refractivity contribution in [2.24, 2.45) is 41.4 Å². The van der Waals surface area contributed by atoms with Crippen LogP contribution in [0.2, 0.25) is 0 Å². The number of fused-ring (bicyclic) bond motifs is 9. The number of ether oxygens (including phenoxy) is 2.